The summed E-state index contributed by atoms with van der Waals surface area (Å²) >= 11 is 9.84. The predicted octanol–water partition coefficient (Wildman–Crippen LogP) is 3.67. The van der Waals surface area contributed by atoms with Crippen LogP contribution in [0.1, 0.15) is 39.5 Å². The molecule has 0 unspecified atom stereocenters. The third-order valence-electron chi connectivity index (χ3n) is 1.13. The molecule has 0 bridgehead atoms. The van der Waals surface area contributed by atoms with Crippen molar-refractivity contribution >= 4 is 29.2 Å². The van der Waals surface area contributed by atoms with Crippen LogP contribution in [0.25, 0.3) is 0 Å². The van der Waals surface area contributed by atoms with Gasteiger partial charge in [0.05, 0.1) is 0 Å². The second-order valence-corrected chi connectivity index (χ2v) is 5.13. The zero-order chi connectivity index (χ0) is 10.5. The van der Waals surface area contributed by atoms with E-state index in [0.717, 1.165) is 0 Å². The van der Waals surface area contributed by atoms with Crippen LogP contribution in [0.3, 0.4) is 0 Å². The first kappa shape index (κ1) is 16.2. The number of hydrogen-bond acceptors (Lipinski definition) is 1. The maximum atomic E-state index is 4.71. The zero-order valence-electron chi connectivity index (χ0n) is 8.48. The average Bonchev–Trinajstić information content (AvgIpc) is 2.03. The molecule has 0 rings (SSSR count). The van der Waals surface area contributed by atoms with E-state index in [2.05, 4.69) is 53.7 Å². The van der Waals surface area contributed by atoms with Gasteiger partial charge in [0.1, 0.15) is 4.32 Å². The van der Waals surface area contributed by atoms with Gasteiger partial charge in [-0.05, 0) is 0 Å². The molecule has 13 heavy (non-hydrogen) atoms. The van der Waals surface area contributed by atoms with Gasteiger partial charge in [0, 0.05) is 0 Å². The van der Waals surface area contributed by atoms with Crippen LogP contribution >= 0.6 is 24.8 Å². The molecule has 0 aliphatic carbocycles. The van der Waals surface area contributed by atoms with E-state index in [4.69, 9.17) is 5.73 Å². The largest absolute Gasteiger partial charge is 0.385 e. The van der Waals surface area contributed by atoms with Crippen LogP contribution < -0.4 is 5.73 Å². The van der Waals surface area contributed by atoms with Crippen molar-refractivity contribution in [1.82, 2.24) is 0 Å². The van der Waals surface area contributed by atoms with Crippen LogP contribution in [-0.4, -0.2) is 4.32 Å². The summed E-state index contributed by atoms with van der Waals surface area (Å²) in [4.78, 5) is 0. The first-order chi connectivity index (χ1) is 6.15. The number of hydrogen-bond donors (Lipinski definition) is 2. The van der Waals surface area contributed by atoms with Gasteiger partial charge in [0.15, 0.2) is 0 Å². The van der Waals surface area contributed by atoms with E-state index in [1.54, 1.807) is 0 Å². The van der Waals surface area contributed by atoms with E-state index in [-0.39, 0.29) is 4.32 Å². The summed E-state index contributed by atoms with van der Waals surface area (Å²) in [7, 11) is 0. The SMILES string of the molecule is CCC[CH2][Cu][CH2]CCC.NC(=S)S. The number of nitrogens with two attached hydrogens (primary N) is 1. The van der Waals surface area contributed by atoms with Crippen LogP contribution in [-0.2, 0) is 15.0 Å². The van der Waals surface area contributed by atoms with Crippen molar-refractivity contribution < 1.29 is 15.0 Å². The van der Waals surface area contributed by atoms with Gasteiger partial charge in [-0.2, -0.15) is 0 Å². The van der Waals surface area contributed by atoms with E-state index in [1.807, 2.05) is 0 Å². The minimum atomic E-state index is 0.194. The summed E-state index contributed by atoms with van der Waals surface area (Å²) in [6.45, 7) is 4.50. The molecule has 0 aromatic carbocycles. The second-order valence-electron chi connectivity index (χ2n) is 2.50. The molecule has 0 spiro atoms. The van der Waals surface area contributed by atoms with Gasteiger partial charge in [-0.1, -0.05) is 12.2 Å². The van der Waals surface area contributed by atoms with Gasteiger partial charge in [-0.3, -0.25) is 0 Å². The monoisotopic (exact) mass is 270 g/mol. The van der Waals surface area contributed by atoms with E-state index in [1.165, 1.54) is 36.3 Å². The van der Waals surface area contributed by atoms with Crippen molar-refractivity contribution in [2.24, 2.45) is 5.73 Å². The molecule has 0 amide bonds. The predicted molar refractivity (Wildman–Crippen MR) is 65.2 cm³/mol. The average molecular weight is 271 g/mol. The van der Waals surface area contributed by atoms with Crippen LogP contribution in [0.4, 0.5) is 0 Å². The fourth-order valence-electron chi connectivity index (χ4n) is 0.439. The Balaban J connectivity index is 0. The molecule has 0 aliphatic heterocycles. The van der Waals surface area contributed by atoms with Crippen LogP contribution in [0, 0.1) is 0 Å². The summed E-state index contributed by atoms with van der Waals surface area (Å²) < 4.78 is 0.194. The topological polar surface area (TPSA) is 26.0 Å². The molecule has 0 aromatic rings. The molecule has 0 radical (unpaired) electrons. The van der Waals surface area contributed by atoms with E-state index >= 15 is 0 Å². The standard InChI is InChI=1S/2C4H9.CH3NS2.Cu/c2*1-3-4-2;2-1(3)4;/h2*1,3-4H2,2H3;(H3,2,3,4);. The van der Waals surface area contributed by atoms with Crippen molar-refractivity contribution in [3.63, 3.8) is 0 Å². The third-order valence-corrected chi connectivity index (χ3v) is 2.47. The number of rotatable bonds is 6. The van der Waals surface area contributed by atoms with Gasteiger partial charge < -0.3 is 5.73 Å². The minimum absolute atomic E-state index is 0.194. The molecule has 1 nitrogen and oxygen atoms in total. The van der Waals surface area contributed by atoms with Crippen molar-refractivity contribution in [3.05, 3.63) is 0 Å². The van der Waals surface area contributed by atoms with Crippen LogP contribution in [0.15, 0.2) is 0 Å². The van der Waals surface area contributed by atoms with Crippen molar-refractivity contribution in [2.45, 2.75) is 50.2 Å². The molecule has 0 heterocycles. The van der Waals surface area contributed by atoms with Crippen molar-refractivity contribution in [2.75, 3.05) is 0 Å². The molecule has 85 valence electrons. The first-order valence-electron chi connectivity index (χ1n) is 4.56. The molecule has 0 saturated carbocycles. The molecular weight excluding hydrogens is 250 g/mol. The van der Waals surface area contributed by atoms with Crippen molar-refractivity contribution in [3.8, 4) is 0 Å². The van der Waals surface area contributed by atoms with Crippen molar-refractivity contribution in [1.29, 1.82) is 0 Å². The van der Waals surface area contributed by atoms with E-state index in [9.17, 15) is 0 Å². The van der Waals surface area contributed by atoms with Gasteiger partial charge in [0.25, 0.3) is 0 Å². The summed E-state index contributed by atoms with van der Waals surface area (Å²) in [5, 5.41) is 2.72. The normalized spacial score (nSPS) is 9.15. The minimum Gasteiger partial charge on any atom is -0.385 e. The van der Waals surface area contributed by atoms with Gasteiger partial charge in [0.2, 0.25) is 0 Å². The zero-order valence-corrected chi connectivity index (χ0v) is 11.1. The molecule has 4 heteroatoms. The van der Waals surface area contributed by atoms with Crippen LogP contribution in [0.2, 0.25) is 10.6 Å². The molecular formula is C9H21CuNS2. The maximum Gasteiger partial charge on any atom is 0.128 e. The Hall–Kier alpha value is 0.759. The Morgan fingerprint density at radius 2 is 1.54 bits per heavy atom. The molecule has 0 fully saturated rings. The van der Waals surface area contributed by atoms with E-state index < -0.39 is 0 Å². The van der Waals surface area contributed by atoms with Gasteiger partial charge in [-0.25, -0.2) is 0 Å². The fourth-order valence-corrected chi connectivity index (χ4v) is 1.81. The molecule has 0 aliphatic rings. The smallest absolute Gasteiger partial charge is 0.128 e. The van der Waals surface area contributed by atoms with E-state index in [0.29, 0.717) is 0 Å². The van der Waals surface area contributed by atoms with Gasteiger partial charge >= 0.3 is 65.1 Å². The van der Waals surface area contributed by atoms with Crippen LogP contribution in [0.5, 0.6) is 0 Å². The number of unbranched alkanes of at least 4 members (excludes halogenated alkanes) is 2. The number of thiol groups is 1. The quantitative estimate of drug-likeness (QED) is 0.333. The Kier molecular flexibility index (Phi) is 19.0. The Bertz CT molecular complexity index is 99.8. The Morgan fingerprint density at radius 1 is 1.23 bits per heavy atom. The maximum absolute atomic E-state index is 4.71. The summed E-state index contributed by atoms with van der Waals surface area (Å²) in [6.07, 6.45) is 5.47. The summed E-state index contributed by atoms with van der Waals surface area (Å²) in [5.74, 6) is 0. The molecule has 0 aromatic heterocycles. The molecule has 0 atom stereocenters. The summed E-state index contributed by atoms with van der Waals surface area (Å²) in [5.41, 5.74) is 4.71. The second kappa shape index (κ2) is 15.2. The third kappa shape index (κ3) is 32.3. The number of thiocarbonyl (C=S) groups is 1. The summed E-state index contributed by atoms with van der Waals surface area (Å²) in [6, 6.07) is 0. The fraction of sp³-hybridized carbons (Fsp3) is 0.889. The first-order valence-corrected chi connectivity index (χ1v) is 6.74. The Labute approximate surface area is 99.8 Å². The molecule has 0 saturated heterocycles. The molecule has 2 N–H and O–H groups in total. The Morgan fingerprint density at radius 3 is 1.77 bits per heavy atom. The van der Waals surface area contributed by atoms with Gasteiger partial charge in [-0.15, -0.1) is 12.6 Å².